The van der Waals surface area contributed by atoms with Crippen LogP contribution in [0.25, 0.3) is 10.9 Å². The third-order valence-electron chi connectivity index (χ3n) is 2.39. The van der Waals surface area contributed by atoms with Crippen LogP contribution in [0.4, 0.5) is 5.69 Å². The van der Waals surface area contributed by atoms with Gasteiger partial charge in [-0.2, -0.15) is 0 Å². The van der Waals surface area contributed by atoms with Crippen molar-refractivity contribution in [2.24, 2.45) is 0 Å². The lowest BCUT2D eigenvalue weighted by Crippen LogP contribution is -2.24. The number of pyridine rings is 1. The number of carbonyl (C=O) groups excluding carboxylic acids is 1. The van der Waals surface area contributed by atoms with Gasteiger partial charge in [0.25, 0.3) is 5.91 Å². The molecule has 2 rings (SSSR count). The smallest absolute Gasteiger partial charge is 0.270 e. The van der Waals surface area contributed by atoms with Crippen molar-refractivity contribution in [3.63, 3.8) is 0 Å². The monoisotopic (exact) mass is 227 g/mol. The second-order valence-corrected chi connectivity index (χ2v) is 3.61. The zero-order chi connectivity index (χ0) is 12.3. The third-order valence-corrected chi connectivity index (χ3v) is 2.39. The van der Waals surface area contributed by atoms with Gasteiger partial charge in [0.2, 0.25) is 0 Å². The number of hydrogen-bond acceptors (Lipinski definition) is 3. The van der Waals surface area contributed by atoms with Crippen LogP contribution in [0.2, 0.25) is 0 Å². The Labute approximate surface area is 99.2 Å². The summed E-state index contributed by atoms with van der Waals surface area (Å²) in [6.45, 7) is 3.95. The van der Waals surface area contributed by atoms with E-state index in [1.807, 2.05) is 18.2 Å². The summed E-state index contributed by atoms with van der Waals surface area (Å²) < 4.78 is 0. The fourth-order valence-electron chi connectivity index (χ4n) is 1.55. The molecule has 0 radical (unpaired) electrons. The van der Waals surface area contributed by atoms with Crippen LogP contribution in [0.3, 0.4) is 0 Å². The average Bonchev–Trinajstić information content (AvgIpc) is 2.36. The summed E-state index contributed by atoms with van der Waals surface area (Å²) in [6, 6.07) is 9.05. The summed E-state index contributed by atoms with van der Waals surface area (Å²) >= 11 is 0. The molecule has 0 unspecified atom stereocenters. The molecule has 0 bridgehead atoms. The Balaban J connectivity index is 2.40. The highest BCUT2D eigenvalue weighted by Gasteiger charge is 2.07. The standard InChI is InChI=1S/C13H13N3O/c1-2-8-15-13(17)11-7-6-9-4-3-5-10(14)12(9)16-11/h2-7H,1,8,14H2,(H,15,17). The first-order valence-electron chi connectivity index (χ1n) is 5.26. The number of nitrogens with one attached hydrogen (secondary N) is 1. The van der Waals surface area contributed by atoms with Crippen molar-refractivity contribution in [2.45, 2.75) is 0 Å². The van der Waals surface area contributed by atoms with Crippen molar-refractivity contribution in [2.75, 3.05) is 12.3 Å². The fraction of sp³-hybridized carbons (Fsp3) is 0.0769. The van der Waals surface area contributed by atoms with E-state index in [9.17, 15) is 4.79 Å². The molecule has 0 aliphatic heterocycles. The van der Waals surface area contributed by atoms with E-state index in [-0.39, 0.29) is 5.91 Å². The number of fused-ring (bicyclic) bond motifs is 1. The Kier molecular flexibility index (Phi) is 3.05. The lowest BCUT2D eigenvalue weighted by Gasteiger charge is -2.05. The minimum atomic E-state index is -0.227. The van der Waals surface area contributed by atoms with Crippen molar-refractivity contribution in [3.05, 3.63) is 48.7 Å². The van der Waals surface area contributed by atoms with Gasteiger partial charge in [-0.1, -0.05) is 24.3 Å². The van der Waals surface area contributed by atoms with Crippen molar-refractivity contribution < 1.29 is 4.79 Å². The molecule has 17 heavy (non-hydrogen) atoms. The molecule has 0 atom stereocenters. The van der Waals surface area contributed by atoms with Crippen LogP contribution in [0, 0.1) is 0 Å². The number of anilines is 1. The molecule has 3 N–H and O–H groups in total. The molecule has 1 aromatic carbocycles. The fourth-order valence-corrected chi connectivity index (χ4v) is 1.55. The highest BCUT2D eigenvalue weighted by Crippen LogP contribution is 2.18. The summed E-state index contributed by atoms with van der Waals surface area (Å²) in [7, 11) is 0. The molecule has 4 nitrogen and oxygen atoms in total. The van der Waals surface area contributed by atoms with Gasteiger partial charge in [0.1, 0.15) is 5.69 Å². The molecule has 0 spiro atoms. The molecule has 0 saturated heterocycles. The Bertz CT molecular complexity index is 578. The van der Waals surface area contributed by atoms with E-state index in [2.05, 4.69) is 16.9 Å². The molecular weight excluding hydrogens is 214 g/mol. The zero-order valence-electron chi connectivity index (χ0n) is 9.31. The number of carbonyl (C=O) groups is 1. The van der Waals surface area contributed by atoms with E-state index < -0.39 is 0 Å². The number of amides is 1. The minimum absolute atomic E-state index is 0.227. The van der Waals surface area contributed by atoms with Crippen molar-refractivity contribution in [3.8, 4) is 0 Å². The van der Waals surface area contributed by atoms with Gasteiger partial charge in [-0.3, -0.25) is 4.79 Å². The van der Waals surface area contributed by atoms with Crippen LogP contribution >= 0.6 is 0 Å². The Morgan fingerprint density at radius 1 is 1.41 bits per heavy atom. The maximum Gasteiger partial charge on any atom is 0.270 e. The zero-order valence-corrected chi connectivity index (χ0v) is 9.31. The molecule has 1 heterocycles. The van der Waals surface area contributed by atoms with Crippen molar-refractivity contribution >= 4 is 22.5 Å². The summed E-state index contributed by atoms with van der Waals surface area (Å²) in [4.78, 5) is 16.0. The number of rotatable bonds is 3. The van der Waals surface area contributed by atoms with Gasteiger partial charge in [0.15, 0.2) is 0 Å². The van der Waals surface area contributed by atoms with Crippen LogP contribution in [-0.2, 0) is 0 Å². The van der Waals surface area contributed by atoms with E-state index in [4.69, 9.17) is 5.73 Å². The van der Waals surface area contributed by atoms with Crippen LogP contribution < -0.4 is 11.1 Å². The number of nitrogens with two attached hydrogens (primary N) is 1. The van der Waals surface area contributed by atoms with E-state index in [1.54, 1.807) is 18.2 Å². The molecule has 86 valence electrons. The normalized spacial score (nSPS) is 10.1. The van der Waals surface area contributed by atoms with Gasteiger partial charge in [-0.05, 0) is 12.1 Å². The predicted molar refractivity (Wildman–Crippen MR) is 68.7 cm³/mol. The second kappa shape index (κ2) is 4.65. The van der Waals surface area contributed by atoms with Gasteiger partial charge in [-0.15, -0.1) is 6.58 Å². The highest BCUT2D eigenvalue weighted by molar-refractivity contribution is 5.97. The Hall–Kier alpha value is -2.36. The minimum Gasteiger partial charge on any atom is -0.397 e. The summed E-state index contributed by atoms with van der Waals surface area (Å²) in [5.74, 6) is -0.227. The van der Waals surface area contributed by atoms with Gasteiger partial charge in [-0.25, -0.2) is 4.98 Å². The average molecular weight is 227 g/mol. The lowest BCUT2D eigenvalue weighted by atomic mass is 10.1. The Morgan fingerprint density at radius 3 is 3.00 bits per heavy atom. The summed E-state index contributed by atoms with van der Waals surface area (Å²) in [6.07, 6.45) is 1.62. The predicted octanol–water partition coefficient (Wildman–Crippen LogP) is 1.73. The van der Waals surface area contributed by atoms with Gasteiger partial charge in [0, 0.05) is 11.9 Å². The number of para-hydroxylation sites is 1. The molecule has 4 heteroatoms. The van der Waals surface area contributed by atoms with E-state index in [0.717, 1.165) is 5.39 Å². The number of nitrogens with zero attached hydrogens (tertiary/aromatic N) is 1. The largest absolute Gasteiger partial charge is 0.397 e. The van der Waals surface area contributed by atoms with Crippen molar-refractivity contribution in [1.82, 2.24) is 10.3 Å². The number of hydrogen-bond donors (Lipinski definition) is 2. The second-order valence-electron chi connectivity index (χ2n) is 3.61. The first-order chi connectivity index (χ1) is 8.22. The van der Waals surface area contributed by atoms with E-state index >= 15 is 0 Å². The molecule has 1 aromatic heterocycles. The SMILES string of the molecule is C=CCNC(=O)c1ccc2cccc(N)c2n1. The highest BCUT2D eigenvalue weighted by atomic mass is 16.1. The van der Waals surface area contributed by atoms with Crippen LogP contribution in [0.1, 0.15) is 10.5 Å². The molecule has 0 aliphatic carbocycles. The number of benzene rings is 1. The molecule has 1 amide bonds. The molecule has 0 saturated carbocycles. The molecule has 2 aromatic rings. The maximum atomic E-state index is 11.7. The first-order valence-corrected chi connectivity index (χ1v) is 5.26. The van der Waals surface area contributed by atoms with Gasteiger partial charge < -0.3 is 11.1 Å². The van der Waals surface area contributed by atoms with Crippen LogP contribution in [-0.4, -0.2) is 17.4 Å². The van der Waals surface area contributed by atoms with Crippen LogP contribution in [0.5, 0.6) is 0 Å². The molecule has 0 fully saturated rings. The van der Waals surface area contributed by atoms with E-state index in [0.29, 0.717) is 23.4 Å². The maximum absolute atomic E-state index is 11.7. The van der Waals surface area contributed by atoms with Crippen LogP contribution in [0.15, 0.2) is 43.0 Å². The third kappa shape index (κ3) is 2.25. The topological polar surface area (TPSA) is 68.0 Å². The summed E-state index contributed by atoms with van der Waals surface area (Å²) in [5, 5.41) is 3.59. The van der Waals surface area contributed by atoms with Gasteiger partial charge >= 0.3 is 0 Å². The number of aromatic nitrogens is 1. The first kappa shape index (κ1) is 11.1. The molecular formula is C13H13N3O. The Morgan fingerprint density at radius 2 is 2.24 bits per heavy atom. The lowest BCUT2D eigenvalue weighted by molar-refractivity contribution is 0.0953. The van der Waals surface area contributed by atoms with Gasteiger partial charge in [0.05, 0.1) is 11.2 Å². The molecule has 0 aliphatic rings. The summed E-state index contributed by atoms with van der Waals surface area (Å²) in [5.41, 5.74) is 7.40. The van der Waals surface area contributed by atoms with E-state index in [1.165, 1.54) is 0 Å². The van der Waals surface area contributed by atoms with Crippen molar-refractivity contribution in [1.29, 1.82) is 0 Å². The quantitative estimate of drug-likeness (QED) is 0.620. The number of nitrogen functional groups attached to an aromatic ring is 1.